The number of nitrogens with one attached hydrogen (secondary N) is 1. The lowest BCUT2D eigenvalue weighted by molar-refractivity contribution is -0.125. The molecule has 0 radical (unpaired) electrons. The zero-order valence-corrected chi connectivity index (χ0v) is 14.4. The van der Waals surface area contributed by atoms with E-state index in [4.69, 9.17) is 0 Å². The second-order valence-corrected chi connectivity index (χ2v) is 6.30. The fourth-order valence-electron chi connectivity index (χ4n) is 3.01. The molecule has 0 unspecified atom stereocenters. The van der Waals surface area contributed by atoms with Crippen LogP contribution in [0.4, 0.5) is 5.69 Å². The summed E-state index contributed by atoms with van der Waals surface area (Å²) in [7, 11) is 2.01. The molecule has 1 aliphatic heterocycles. The number of rotatable bonds is 7. The third kappa shape index (κ3) is 4.83. The summed E-state index contributed by atoms with van der Waals surface area (Å²) in [5, 5.41) is 2.87. The normalized spacial score (nSPS) is 16.2. The molecule has 1 heterocycles. The van der Waals surface area contributed by atoms with E-state index in [1.807, 2.05) is 14.0 Å². The highest BCUT2D eigenvalue weighted by molar-refractivity contribution is 5.81. The average molecular weight is 315 g/mol. The Bertz CT molecular complexity index is 523. The van der Waals surface area contributed by atoms with Crippen molar-refractivity contribution in [2.45, 2.75) is 38.8 Å². The summed E-state index contributed by atoms with van der Waals surface area (Å²) in [4.78, 5) is 16.7. The van der Waals surface area contributed by atoms with Crippen LogP contribution in [-0.4, -0.2) is 43.5 Å². The zero-order chi connectivity index (χ0) is 16.7. The van der Waals surface area contributed by atoms with Gasteiger partial charge in [0.2, 0.25) is 5.91 Å². The highest BCUT2D eigenvalue weighted by Gasteiger charge is 2.20. The number of nitrogens with zero attached hydrogens (tertiary/aromatic N) is 2. The lowest BCUT2D eigenvalue weighted by Crippen LogP contribution is -2.43. The fourth-order valence-corrected chi connectivity index (χ4v) is 3.01. The van der Waals surface area contributed by atoms with Gasteiger partial charge >= 0.3 is 0 Å². The zero-order valence-electron chi connectivity index (χ0n) is 14.4. The Morgan fingerprint density at radius 3 is 2.74 bits per heavy atom. The minimum Gasteiger partial charge on any atom is -0.371 e. The highest BCUT2D eigenvalue weighted by Crippen LogP contribution is 2.25. The molecule has 1 amide bonds. The van der Waals surface area contributed by atoms with Gasteiger partial charge in [-0.1, -0.05) is 24.3 Å². The van der Waals surface area contributed by atoms with E-state index in [2.05, 4.69) is 46.0 Å². The van der Waals surface area contributed by atoms with Gasteiger partial charge in [0.25, 0.3) is 0 Å². The maximum absolute atomic E-state index is 12.1. The molecule has 126 valence electrons. The number of hydrogen-bond donors (Lipinski definition) is 1. The summed E-state index contributed by atoms with van der Waals surface area (Å²) >= 11 is 0. The van der Waals surface area contributed by atoms with Crippen molar-refractivity contribution in [2.24, 2.45) is 0 Å². The summed E-state index contributed by atoms with van der Waals surface area (Å²) in [5.74, 6) is 0.0443. The van der Waals surface area contributed by atoms with E-state index in [9.17, 15) is 4.79 Å². The summed E-state index contributed by atoms with van der Waals surface area (Å²) in [5.41, 5.74) is 2.61. The van der Waals surface area contributed by atoms with E-state index in [1.54, 1.807) is 6.08 Å². The second-order valence-electron chi connectivity index (χ2n) is 6.30. The fraction of sp³-hybridized carbons (Fsp3) is 0.526. The van der Waals surface area contributed by atoms with Crippen LogP contribution in [0.1, 0.15) is 31.7 Å². The van der Waals surface area contributed by atoms with E-state index < -0.39 is 0 Å². The molecule has 1 aliphatic rings. The molecule has 1 N–H and O–H groups in total. The summed E-state index contributed by atoms with van der Waals surface area (Å²) in [6.07, 6.45) is 5.57. The van der Waals surface area contributed by atoms with Gasteiger partial charge in [-0.2, -0.15) is 0 Å². The molecule has 1 fully saturated rings. The molecule has 4 nitrogen and oxygen atoms in total. The first-order valence-electron chi connectivity index (χ1n) is 8.55. The number of carbonyl (C=O) groups excluding carboxylic acids is 1. The monoisotopic (exact) mass is 315 g/mol. The predicted molar refractivity (Wildman–Crippen MR) is 96.6 cm³/mol. The molecule has 23 heavy (non-hydrogen) atoms. The molecule has 1 aromatic rings. The van der Waals surface area contributed by atoms with Crippen LogP contribution in [0, 0.1) is 0 Å². The maximum Gasteiger partial charge on any atom is 0.237 e. The van der Waals surface area contributed by atoms with Gasteiger partial charge in [0.15, 0.2) is 0 Å². The Labute approximate surface area is 140 Å². The molecule has 4 heteroatoms. The van der Waals surface area contributed by atoms with Crippen LogP contribution >= 0.6 is 0 Å². The van der Waals surface area contributed by atoms with Crippen molar-refractivity contribution < 1.29 is 4.79 Å². The molecular weight excluding hydrogens is 286 g/mol. The van der Waals surface area contributed by atoms with Gasteiger partial charge in [-0.15, -0.1) is 6.58 Å². The first kappa shape index (κ1) is 17.5. The van der Waals surface area contributed by atoms with E-state index in [0.29, 0.717) is 6.54 Å². The van der Waals surface area contributed by atoms with Gasteiger partial charge in [0.05, 0.1) is 6.04 Å². The van der Waals surface area contributed by atoms with Gasteiger partial charge in [-0.25, -0.2) is 0 Å². The number of piperidine rings is 1. The Balaban J connectivity index is 2.04. The Kier molecular flexibility index (Phi) is 6.66. The van der Waals surface area contributed by atoms with E-state index >= 15 is 0 Å². The molecule has 1 saturated heterocycles. The third-order valence-electron chi connectivity index (χ3n) is 4.57. The minimum atomic E-state index is -0.163. The summed E-state index contributed by atoms with van der Waals surface area (Å²) in [6.45, 7) is 9.14. The largest absolute Gasteiger partial charge is 0.371 e. The van der Waals surface area contributed by atoms with Crippen LogP contribution in [0.3, 0.4) is 0 Å². The van der Waals surface area contributed by atoms with Gasteiger partial charge in [-0.05, 0) is 44.9 Å². The standard InChI is InChI=1S/C19H29N3O/c1-4-12-20-19(23)16(2)21(3)15-17-10-6-7-11-18(17)22-13-8-5-9-14-22/h4,6-7,10-11,16H,1,5,8-9,12-15H2,2-3H3,(H,20,23)/t16-/m0/s1. The van der Waals surface area contributed by atoms with E-state index in [-0.39, 0.29) is 11.9 Å². The molecule has 1 atom stereocenters. The second kappa shape index (κ2) is 8.73. The first-order valence-corrected chi connectivity index (χ1v) is 8.55. The van der Waals surface area contributed by atoms with E-state index in [0.717, 1.165) is 19.6 Å². The molecule has 2 rings (SSSR count). The number of hydrogen-bond acceptors (Lipinski definition) is 3. The number of amides is 1. The number of likely N-dealkylation sites (N-methyl/N-ethyl adjacent to an activating group) is 1. The van der Waals surface area contributed by atoms with Crippen molar-refractivity contribution in [2.75, 3.05) is 31.6 Å². The van der Waals surface area contributed by atoms with Crippen LogP contribution in [-0.2, 0) is 11.3 Å². The predicted octanol–water partition coefficient (Wildman–Crippen LogP) is 2.80. The third-order valence-corrected chi connectivity index (χ3v) is 4.57. The first-order chi connectivity index (χ1) is 11.1. The number of anilines is 1. The van der Waals surface area contributed by atoms with Crippen LogP contribution in [0.5, 0.6) is 0 Å². The molecule has 0 aliphatic carbocycles. The van der Waals surface area contributed by atoms with Crippen molar-refractivity contribution in [3.63, 3.8) is 0 Å². The van der Waals surface area contributed by atoms with Crippen molar-refractivity contribution in [3.8, 4) is 0 Å². The van der Waals surface area contributed by atoms with Gasteiger partial charge < -0.3 is 10.2 Å². The van der Waals surface area contributed by atoms with Crippen molar-refractivity contribution >= 4 is 11.6 Å². The van der Waals surface area contributed by atoms with Crippen molar-refractivity contribution in [1.82, 2.24) is 10.2 Å². The van der Waals surface area contributed by atoms with Crippen molar-refractivity contribution in [3.05, 3.63) is 42.5 Å². The maximum atomic E-state index is 12.1. The molecule has 0 aromatic heterocycles. The van der Waals surface area contributed by atoms with Gasteiger partial charge in [0.1, 0.15) is 0 Å². The van der Waals surface area contributed by atoms with Gasteiger partial charge in [0, 0.05) is 31.9 Å². The topological polar surface area (TPSA) is 35.6 Å². The molecule has 0 saturated carbocycles. The SMILES string of the molecule is C=CCNC(=O)[C@H](C)N(C)Cc1ccccc1N1CCCCC1. The van der Waals surface area contributed by atoms with E-state index in [1.165, 1.54) is 30.5 Å². The number of para-hydroxylation sites is 1. The Morgan fingerprint density at radius 2 is 2.04 bits per heavy atom. The lowest BCUT2D eigenvalue weighted by atomic mass is 10.1. The number of benzene rings is 1. The molecule has 0 spiro atoms. The highest BCUT2D eigenvalue weighted by atomic mass is 16.2. The molecule has 1 aromatic carbocycles. The van der Waals surface area contributed by atoms with Gasteiger partial charge in [-0.3, -0.25) is 9.69 Å². The van der Waals surface area contributed by atoms with Crippen LogP contribution in [0.25, 0.3) is 0 Å². The van der Waals surface area contributed by atoms with Crippen LogP contribution < -0.4 is 10.2 Å². The lowest BCUT2D eigenvalue weighted by Gasteiger charge is -2.32. The Morgan fingerprint density at radius 1 is 1.35 bits per heavy atom. The van der Waals surface area contributed by atoms with Crippen LogP contribution in [0.15, 0.2) is 36.9 Å². The smallest absolute Gasteiger partial charge is 0.237 e. The van der Waals surface area contributed by atoms with Crippen molar-refractivity contribution in [1.29, 1.82) is 0 Å². The molecular formula is C19H29N3O. The van der Waals surface area contributed by atoms with Crippen LogP contribution in [0.2, 0.25) is 0 Å². The molecule has 0 bridgehead atoms. The summed E-state index contributed by atoms with van der Waals surface area (Å²) in [6, 6.07) is 8.41. The Hall–Kier alpha value is -1.81. The summed E-state index contributed by atoms with van der Waals surface area (Å²) < 4.78 is 0. The quantitative estimate of drug-likeness (QED) is 0.786. The number of carbonyl (C=O) groups is 1. The minimum absolute atomic E-state index is 0.0443. The average Bonchev–Trinajstić information content (AvgIpc) is 2.60.